The van der Waals surface area contributed by atoms with Gasteiger partial charge in [-0.2, -0.15) is 0 Å². The number of ether oxygens (including phenoxy) is 1. The van der Waals surface area contributed by atoms with Crippen molar-refractivity contribution in [3.05, 3.63) is 54.1 Å². The van der Waals surface area contributed by atoms with E-state index in [1.165, 1.54) is 6.07 Å². The number of hydrogen-bond donors (Lipinski definition) is 2. The Kier molecular flexibility index (Phi) is 4.82. The van der Waals surface area contributed by atoms with Gasteiger partial charge >= 0.3 is 0 Å². The van der Waals surface area contributed by atoms with Gasteiger partial charge in [-0.1, -0.05) is 24.3 Å². The van der Waals surface area contributed by atoms with Crippen LogP contribution < -0.4 is 15.2 Å². The minimum Gasteiger partial charge on any atom is -0.497 e. The maximum absolute atomic E-state index is 12.1. The highest BCUT2D eigenvalue weighted by Gasteiger charge is 2.15. The van der Waals surface area contributed by atoms with Crippen LogP contribution in [0.15, 0.2) is 53.4 Å². The Bertz CT molecular complexity index is 697. The lowest BCUT2D eigenvalue weighted by Crippen LogP contribution is -2.26. The molecule has 112 valence electrons. The fraction of sp³-hybridized carbons (Fsp3) is 0.200. The molecule has 2 aromatic rings. The van der Waals surface area contributed by atoms with Gasteiger partial charge in [0.15, 0.2) is 0 Å². The molecule has 0 radical (unpaired) electrons. The molecular formula is C15H18N2O3S. The Morgan fingerprint density at radius 3 is 2.38 bits per heavy atom. The Hall–Kier alpha value is -2.05. The largest absolute Gasteiger partial charge is 0.497 e. The van der Waals surface area contributed by atoms with Gasteiger partial charge in [0.05, 0.1) is 12.8 Å². The third-order valence-electron chi connectivity index (χ3n) is 3.07. The fourth-order valence-electron chi connectivity index (χ4n) is 1.92. The van der Waals surface area contributed by atoms with Gasteiger partial charge < -0.3 is 10.5 Å². The summed E-state index contributed by atoms with van der Waals surface area (Å²) >= 11 is 0. The van der Waals surface area contributed by atoms with Crippen molar-refractivity contribution in [1.29, 1.82) is 0 Å². The van der Waals surface area contributed by atoms with Crippen molar-refractivity contribution in [1.82, 2.24) is 4.72 Å². The Morgan fingerprint density at radius 2 is 1.76 bits per heavy atom. The summed E-state index contributed by atoms with van der Waals surface area (Å²) in [5, 5.41) is 0. The summed E-state index contributed by atoms with van der Waals surface area (Å²) in [6, 6.07) is 13.9. The monoisotopic (exact) mass is 306 g/mol. The van der Waals surface area contributed by atoms with E-state index in [2.05, 4.69) is 4.72 Å². The van der Waals surface area contributed by atoms with Gasteiger partial charge in [-0.3, -0.25) is 0 Å². The van der Waals surface area contributed by atoms with Crippen molar-refractivity contribution in [3.63, 3.8) is 0 Å². The third kappa shape index (κ3) is 3.96. The van der Waals surface area contributed by atoms with Crippen molar-refractivity contribution in [3.8, 4) is 5.75 Å². The third-order valence-corrected chi connectivity index (χ3v) is 4.61. The molecule has 0 amide bonds. The van der Waals surface area contributed by atoms with E-state index in [1.807, 2.05) is 24.3 Å². The van der Waals surface area contributed by atoms with E-state index in [4.69, 9.17) is 10.5 Å². The second-order valence-electron chi connectivity index (χ2n) is 4.53. The predicted octanol–water partition coefficient (Wildman–Crippen LogP) is 1.80. The van der Waals surface area contributed by atoms with Crippen molar-refractivity contribution in [2.45, 2.75) is 11.3 Å². The molecule has 0 spiro atoms. The number of nitrogens with two attached hydrogens (primary N) is 1. The van der Waals surface area contributed by atoms with Gasteiger partial charge in [-0.25, -0.2) is 13.1 Å². The summed E-state index contributed by atoms with van der Waals surface area (Å²) in [7, 11) is -1.97. The van der Waals surface area contributed by atoms with Gasteiger partial charge in [-0.05, 0) is 36.2 Å². The van der Waals surface area contributed by atoms with Gasteiger partial charge in [0.1, 0.15) is 10.6 Å². The zero-order valence-electron chi connectivity index (χ0n) is 11.7. The smallest absolute Gasteiger partial charge is 0.242 e. The number of benzene rings is 2. The van der Waals surface area contributed by atoms with Crippen molar-refractivity contribution in [2.75, 3.05) is 19.4 Å². The van der Waals surface area contributed by atoms with Crippen LogP contribution in [-0.4, -0.2) is 22.1 Å². The lowest BCUT2D eigenvalue weighted by molar-refractivity contribution is 0.414. The highest BCUT2D eigenvalue weighted by Crippen LogP contribution is 2.17. The molecule has 6 heteroatoms. The normalized spacial score (nSPS) is 11.3. The van der Waals surface area contributed by atoms with Crippen LogP contribution in [0.1, 0.15) is 5.56 Å². The molecular weight excluding hydrogens is 288 g/mol. The van der Waals surface area contributed by atoms with Crippen LogP contribution >= 0.6 is 0 Å². The standard InChI is InChI=1S/C15H18N2O3S/c1-20-13-8-6-12(7-9-13)10-11-17-21(18,19)15-5-3-2-4-14(15)16/h2-9,17H,10-11,16H2,1H3. The molecule has 0 atom stereocenters. The lowest BCUT2D eigenvalue weighted by Gasteiger charge is -2.09. The summed E-state index contributed by atoms with van der Waals surface area (Å²) < 4.78 is 31.9. The number of nitrogen functional groups attached to an aromatic ring is 1. The zero-order chi connectivity index (χ0) is 15.3. The molecule has 2 rings (SSSR count). The minimum absolute atomic E-state index is 0.111. The second kappa shape index (κ2) is 6.60. The number of sulfonamides is 1. The van der Waals surface area contributed by atoms with Gasteiger partial charge in [-0.15, -0.1) is 0 Å². The maximum atomic E-state index is 12.1. The number of methoxy groups -OCH3 is 1. The van der Waals surface area contributed by atoms with Crippen LogP contribution in [0.3, 0.4) is 0 Å². The maximum Gasteiger partial charge on any atom is 0.242 e. The van der Waals surface area contributed by atoms with Gasteiger partial charge in [0.2, 0.25) is 10.0 Å². The lowest BCUT2D eigenvalue weighted by atomic mass is 10.1. The van der Waals surface area contributed by atoms with Crippen LogP contribution in [0, 0.1) is 0 Å². The fourth-order valence-corrected chi connectivity index (χ4v) is 3.09. The van der Waals surface area contributed by atoms with E-state index < -0.39 is 10.0 Å². The molecule has 3 N–H and O–H groups in total. The molecule has 0 bridgehead atoms. The zero-order valence-corrected chi connectivity index (χ0v) is 12.6. The van der Waals surface area contributed by atoms with Crippen LogP contribution in [0.25, 0.3) is 0 Å². The van der Waals surface area contributed by atoms with E-state index in [1.54, 1.807) is 25.3 Å². The second-order valence-corrected chi connectivity index (χ2v) is 6.27. The molecule has 2 aromatic carbocycles. The highest BCUT2D eigenvalue weighted by molar-refractivity contribution is 7.89. The van der Waals surface area contributed by atoms with E-state index >= 15 is 0 Å². The molecule has 0 saturated heterocycles. The van der Waals surface area contributed by atoms with E-state index in [-0.39, 0.29) is 10.6 Å². The number of para-hydroxylation sites is 1. The number of nitrogens with one attached hydrogen (secondary N) is 1. The van der Waals surface area contributed by atoms with Gasteiger partial charge in [0, 0.05) is 6.54 Å². The Morgan fingerprint density at radius 1 is 1.10 bits per heavy atom. The molecule has 0 saturated carbocycles. The van der Waals surface area contributed by atoms with Crippen LogP contribution in [0.4, 0.5) is 5.69 Å². The summed E-state index contributed by atoms with van der Waals surface area (Å²) in [4.78, 5) is 0.111. The first-order chi connectivity index (χ1) is 10.0. The van der Waals surface area contributed by atoms with Crippen molar-refractivity contribution >= 4 is 15.7 Å². The van der Waals surface area contributed by atoms with E-state index in [9.17, 15) is 8.42 Å². The predicted molar refractivity (Wildman–Crippen MR) is 82.7 cm³/mol. The van der Waals surface area contributed by atoms with E-state index in [0.717, 1.165) is 11.3 Å². The number of rotatable bonds is 6. The molecule has 0 unspecified atom stereocenters. The average molecular weight is 306 g/mol. The van der Waals surface area contributed by atoms with E-state index in [0.29, 0.717) is 13.0 Å². The molecule has 21 heavy (non-hydrogen) atoms. The number of hydrogen-bond acceptors (Lipinski definition) is 4. The average Bonchev–Trinajstić information content (AvgIpc) is 2.48. The van der Waals surface area contributed by atoms with Gasteiger partial charge in [0.25, 0.3) is 0 Å². The highest BCUT2D eigenvalue weighted by atomic mass is 32.2. The summed E-state index contributed by atoms with van der Waals surface area (Å²) in [5.74, 6) is 0.774. The molecule has 0 aliphatic rings. The molecule has 0 aliphatic heterocycles. The first-order valence-corrected chi connectivity index (χ1v) is 7.98. The van der Waals surface area contributed by atoms with Crippen molar-refractivity contribution in [2.24, 2.45) is 0 Å². The van der Waals surface area contributed by atoms with Crippen LogP contribution in [0.2, 0.25) is 0 Å². The quantitative estimate of drug-likeness (QED) is 0.797. The molecule has 5 nitrogen and oxygen atoms in total. The Labute approximate surface area is 124 Å². The van der Waals surface area contributed by atoms with Crippen molar-refractivity contribution < 1.29 is 13.2 Å². The molecule has 0 heterocycles. The molecule has 0 fully saturated rings. The minimum atomic E-state index is -3.57. The van der Waals surface area contributed by atoms with Crippen LogP contribution in [-0.2, 0) is 16.4 Å². The number of anilines is 1. The SMILES string of the molecule is COc1ccc(CCNS(=O)(=O)c2ccccc2N)cc1. The Balaban J connectivity index is 1.97. The first-order valence-electron chi connectivity index (χ1n) is 6.50. The molecule has 0 aliphatic carbocycles. The molecule has 0 aromatic heterocycles. The summed E-state index contributed by atoms with van der Waals surface area (Å²) in [6.07, 6.45) is 0.593. The summed E-state index contributed by atoms with van der Waals surface area (Å²) in [5.41, 5.74) is 6.96. The summed E-state index contributed by atoms with van der Waals surface area (Å²) in [6.45, 7) is 0.309. The van der Waals surface area contributed by atoms with Crippen LogP contribution in [0.5, 0.6) is 5.75 Å². The topological polar surface area (TPSA) is 81.4 Å². The first kappa shape index (κ1) is 15.3.